The first-order chi connectivity index (χ1) is 12.3. The van der Waals surface area contributed by atoms with E-state index in [4.69, 9.17) is 4.74 Å². The number of benzene rings is 1. The molecule has 0 fully saturated rings. The van der Waals surface area contributed by atoms with Crippen LogP contribution in [-0.2, 0) is 16.6 Å². The largest absolute Gasteiger partial charge is 0.491 e. The summed E-state index contributed by atoms with van der Waals surface area (Å²) in [4.78, 5) is 16.3. The van der Waals surface area contributed by atoms with E-state index in [1.807, 2.05) is 38.1 Å². The number of nitrogens with one attached hydrogen (secondary N) is 1. The summed E-state index contributed by atoms with van der Waals surface area (Å²) >= 11 is 0. The second kappa shape index (κ2) is 8.84. The number of pyridine rings is 1. The van der Waals surface area contributed by atoms with Gasteiger partial charge >= 0.3 is 0 Å². The molecule has 4 heteroatoms. The molecule has 0 aliphatic heterocycles. The molecule has 1 aromatic carbocycles. The van der Waals surface area contributed by atoms with Crippen LogP contribution in [0.3, 0.4) is 0 Å². The van der Waals surface area contributed by atoms with Crippen LogP contribution in [0.15, 0.2) is 48.8 Å². The van der Waals surface area contributed by atoms with E-state index in [1.54, 1.807) is 12.4 Å². The Hall–Kier alpha value is -2.36. The highest BCUT2D eigenvalue weighted by atomic mass is 16.5. The van der Waals surface area contributed by atoms with E-state index in [9.17, 15) is 4.79 Å². The van der Waals surface area contributed by atoms with Gasteiger partial charge in [-0.25, -0.2) is 0 Å². The quantitative estimate of drug-likeness (QED) is 0.813. The summed E-state index contributed by atoms with van der Waals surface area (Å²) in [5.41, 5.74) is 2.52. The van der Waals surface area contributed by atoms with Crippen LogP contribution in [0.4, 0.5) is 0 Å². The highest BCUT2D eigenvalue weighted by Gasteiger charge is 2.16. The average Bonchev–Trinajstić information content (AvgIpc) is 2.60. The van der Waals surface area contributed by atoms with Crippen molar-refractivity contribution in [2.45, 2.75) is 52.5 Å². The third-order valence-electron chi connectivity index (χ3n) is 4.35. The molecule has 26 heavy (non-hydrogen) atoms. The fraction of sp³-hybridized carbons (Fsp3) is 0.455. The summed E-state index contributed by atoms with van der Waals surface area (Å²) in [6.45, 7) is 10.9. The summed E-state index contributed by atoms with van der Waals surface area (Å²) in [6, 6.07) is 12.0. The van der Waals surface area contributed by atoms with Crippen LogP contribution in [0.1, 0.15) is 45.7 Å². The van der Waals surface area contributed by atoms with Gasteiger partial charge in [-0.15, -0.1) is 0 Å². The topological polar surface area (TPSA) is 51.2 Å². The minimum Gasteiger partial charge on any atom is -0.491 e. The first-order valence-corrected chi connectivity index (χ1v) is 9.18. The van der Waals surface area contributed by atoms with Crippen molar-refractivity contribution in [2.75, 3.05) is 6.61 Å². The minimum atomic E-state index is -0.0917. The molecule has 0 saturated heterocycles. The SMILES string of the molecule is CC(COc1ccc(C(C)(C)C)cc1)NC(=O)C(C)Cc1ccncc1. The fourth-order valence-corrected chi connectivity index (χ4v) is 2.66. The summed E-state index contributed by atoms with van der Waals surface area (Å²) in [6.07, 6.45) is 4.21. The van der Waals surface area contributed by atoms with E-state index in [1.165, 1.54) is 5.56 Å². The Bertz CT molecular complexity index is 690. The highest BCUT2D eigenvalue weighted by molar-refractivity contribution is 5.78. The van der Waals surface area contributed by atoms with E-state index >= 15 is 0 Å². The predicted octanol–water partition coefficient (Wildman–Crippen LogP) is 4.14. The van der Waals surface area contributed by atoms with Crippen LogP contribution < -0.4 is 10.1 Å². The number of carbonyl (C=O) groups is 1. The van der Waals surface area contributed by atoms with Crippen molar-refractivity contribution in [2.24, 2.45) is 5.92 Å². The molecule has 140 valence electrons. The van der Waals surface area contributed by atoms with Crippen LogP contribution in [0.2, 0.25) is 0 Å². The minimum absolute atomic E-state index is 0.0426. The second-order valence-electron chi connectivity index (χ2n) is 7.96. The lowest BCUT2D eigenvalue weighted by Crippen LogP contribution is -2.40. The third kappa shape index (κ3) is 6.17. The number of ether oxygens (including phenoxy) is 1. The van der Waals surface area contributed by atoms with Gasteiger partial charge in [-0.1, -0.05) is 39.8 Å². The predicted molar refractivity (Wildman–Crippen MR) is 105 cm³/mol. The third-order valence-corrected chi connectivity index (χ3v) is 4.35. The zero-order valence-electron chi connectivity index (χ0n) is 16.5. The molecule has 2 atom stereocenters. The molecule has 0 aliphatic rings. The maximum Gasteiger partial charge on any atom is 0.223 e. The first kappa shape index (κ1) is 20.0. The molecule has 2 unspecified atom stereocenters. The Morgan fingerprint density at radius 1 is 1.08 bits per heavy atom. The van der Waals surface area contributed by atoms with Crippen LogP contribution in [0.5, 0.6) is 5.75 Å². The number of aromatic nitrogens is 1. The number of hydrogen-bond acceptors (Lipinski definition) is 3. The zero-order valence-corrected chi connectivity index (χ0v) is 16.5. The Balaban J connectivity index is 1.79. The van der Waals surface area contributed by atoms with Gasteiger partial charge in [0, 0.05) is 18.3 Å². The van der Waals surface area contributed by atoms with Gasteiger partial charge in [0.25, 0.3) is 0 Å². The molecule has 2 rings (SSSR count). The second-order valence-corrected chi connectivity index (χ2v) is 7.96. The van der Waals surface area contributed by atoms with Crippen molar-refractivity contribution in [3.8, 4) is 5.75 Å². The molecule has 1 amide bonds. The zero-order chi connectivity index (χ0) is 19.2. The molecule has 1 N–H and O–H groups in total. The molecule has 1 aromatic heterocycles. The van der Waals surface area contributed by atoms with Gasteiger partial charge in [-0.05, 0) is 54.2 Å². The van der Waals surface area contributed by atoms with Gasteiger partial charge in [0.15, 0.2) is 0 Å². The van der Waals surface area contributed by atoms with Crippen LogP contribution in [-0.4, -0.2) is 23.5 Å². The molecular weight excluding hydrogens is 324 g/mol. The summed E-state index contributed by atoms with van der Waals surface area (Å²) in [7, 11) is 0. The van der Waals surface area contributed by atoms with E-state index in [-0.39, 0.29) is 23.3 Å². The average molecular weight is 354 g/mol. The van der Waals surface area contributed by atoms with Crippen molar-refractivity contribution in [3.05, 3.63) is 59.9 Å². The Kier molecular flexibility index (Phi) is 6.78. The molecular formula is C22H30N2O2. The summed E-state index contributed by atoms with van der Waals surface area (Å²) < 4.78 is 5.81. The fourth-order valence-electron chi connectivity index (χ4n) is 2.66. The maximum atomic E-state index is 12.3. The Morgan fingerprint density at radius 2 is 1.69 bits per heavy atom. The van der Waals surface area contributed by atoms with Crippen molar-refractivity contribution >= 4 is 5.91 Å². The van der Waals surface area contributed by atoms with E-state index in [0.717, 1.165) is 11.3 Å². The molecule has 4 nitrogen and oxygen atoms in total. The monoisotopic (exact) mass is 354 g/mol. The standard InChI is InChI=1S/C22H30N2O2/c1-16(14-18-10-12-23-13-11-18)21(25)24-17(2)15-26-20-8-6-19(7-9-20)22(3,4)5/h6-13,16-17H,14-15H2,1-5H3,(H,24,25). The maximum absolute atomic E-state index is 12.3. The number of amides is 1. The Labute approximate surface area is 157 Å². The number of hydrogen-bond donors (Lipinski definition) is 1. The van der Waals surface area contributed by atoms with Crippen molar-refractivity contribution in [1.82, 2.24) is 10.3 Å². The Morgan fingerprint density at radius 3 is 2.27 bits per heavy atom. The van der Waals surface area contributed by atoms with Gasteiger partial charge in [0.2, 0.25) is 5.91 Å². The lowest BCUT2D eigenvalue weighted by atomic mass is 9.87. The normalized spacial score (nSPS) is 13.7. The van der Waals surface area contributed by atoms with Crippen LogP contribution in [0.25, 0.3) is 0 Å². The first-order valence-electron chi connectivity index (χ1n) is 9.18. The van der Waals surface area contributed by atoms with Crippen LogP contribution in [0, 0.1) is 5.92 Å². The van der Waals surface area contributed by atoms with Gasteiger partial charge in [-0.2, -0.15) is 0 Å². The molecule has 0 spiro atoms. The van der Waals surface area contributed by atoms with E-state index in [2.05, 4.69) is 43.2 Å². The molecule has 1 heterocycles. The number of rotatable bonds is 7. The van der Waals surface area contributed by atoms with Crippen LogP contribution >= 0.6 is 0 Å². The number of carbonyl (C=O) groups excluding carboxylic acids is 1. The van der Waals surface area contributed by atoms with E-state index < -0.39 is 0 Å². The lowest BCUT2D eigenvalue weighted by Gasteiger charge is -2.20. The smallest absolute Gasteiger partial charge is 0.223 e. The number of nitrogens with zero attached hydrogens (tertiary/aromatic N) is 1. The van der Waals surface area contributed by atoms with Crippen molar-refractivity contribution in [3.63, 3.8) is 0 Å². The summed E-state index contributed by atoms with van der Waals surface area (Å²) in [5, 5.41) is 3.03. The molecule has 2 aromatic rings. The van der Waals surface area contributed by atoms with Gasteiger partial charge in [-0.3, -0.25) is 9.78 Å². The van der Waals surface area contributed by atoms with Crippen molar-refractivity contribution in [1.29, 1.82) is 0 Å². The molecule has 0 bridgehead atoms. The lowest BCUT2D eigenvalue weighted by molar-refractivity contribution is -0.125. The van der Waals surface area contributed by atoms with Gasteiger partial charge in [0.05, 0.1) is 6.04 Å². The van der Waals surface area contributed by atoms with Crippen molar-refractivity contribution < 1.29 is 9.53 Å². The van der Waals surface area contributed by atoms with Gasteiger partial charge < -0.3 is 10.1 Å². The molecule has 0 saturated carbocycles. The van der Waals surface area contributed by atoms with Gasteiger partial charge in [0.1, 0.15) is 12.4 Å². The molecule has 0 aliphatic carbocycles. The van der Waals surface area contributed by atoms with E-state index in [0.29, 0.717) is 13.0 Å². The highest BCUT2D eigenvalue weighted by Crippen LogP contribution is 2.24. The summed E-state index contributed by atoms with van der Waals surface area (Å²) in [5.74, 6) is 0.774. The molecule has 0 radical (unpaired) electrons.